The fraction of sp³-hybridized carbons (Fsp3) is 0.500. The van der Waals surface area contributed by atoms with Gasteiger partial charge in [-0.3, -0.25) is 4.79 Å². The van der Waals surface area contributed by atoms with Gasteiger partial charge >= 0.3 is 5.97 Å². The molecule has 0 bridgehead atoms. The zero-order valence-corrected chi connectivity index (χ0v) is 13.0. The molecule has 112 valence electrons. The zero-order chi connectivity index (χ0) is 15.5. The van der Waals surface area contributed by atoms with Gasteiger partial charge in [0.2, 0.25) is 10.0 Å². The van der Waals surface area contributed by atoms with E-state index in [2.05, 4.69) is 4.72 Å². The highest BCUT2D eigenvalue weighted by Crippen LogP contribution is 2.17. The van der Waals surface area contributed by atoms with E-state index >= 15 is 0 Å². The van der Waals surface area contributed by atoms with Crippen LogP contribution in [0, 0.1) is 19.8 Å². The van der Waals surface area contributed by atoms with E-state index in [0.29, 0.717) is 6.42 Å². The van der Waals surface area contributed by atoms with Crippen molar-refractivity contribution in [2.45, 2.75) is 45.1 Å². The molecular weight excluding hydrogens is 278 g/mol. The summed E-state index contributed by atoms with van der Waals surface area (Å²) in [5, 5.41) is 9.16. The van der Waals surface area contributed by atoms with E-state index in [4.69, 9.17) is 5.11 Å². The number of benzene rings is 1. The Morgan fingerprint density at radius 1 is 1.30 bits per heavy atom. The number of hydrogen-bond donors (Lipinski definition) is 2. The van der Waals surface area contributed by atoms with Gasteiger partial charge in [-0.05, 0) is 43.0 Å². The fourth-order valence-corrected chi connectivity index (χ4v) is 3.14. The Morgan fingerprint density at radius 3 is 2.35 bits per heavy atom. The van der Waals surface area contributed by atoms with E-state index in [1.807, 2.05) is 20.8 Å². The number of carboxylic acids is 1. The highest BCUT2D eigenvalue weighted by Gasteiger charge is 2.29. The molecule has 0 saturated heterocycles. The summed E-state index contributed by atoms with van der Waals surface area (Å²) < 4.78 is 26.8. The number of sulfonamides is 1. The van der Waals surface area contributed by atoms with E-state index in [-0.39, 0.29) is 10.8 Å². The predicted molar refractivity (Wildman–Crippen MR) is 77.1 cm³/mol. The lowest BCUT2D eigenvalue weighted by atomic mass is 10.0. The molecule has 0 saturated carbocycles. The maximum atomic E-state index is 12.3. The maximum Gasteiger partial charge on any atom is 0.322 e. The van der Waals surface area contributed by atoms with Crippen molar-refractivity contribution in [3.63, 3.8) is 0 Å². The summed E-state index contributed by atoms with van der Waals surface area (Å²) in [5.41, 5.74) is 1.84. The highest BCUT2D eigenvalue weighted by molar-refractivity contribution is 7.89. The molecule has 0 aliphatic rings. The third-order valence-electron chi connectivity index (χ3n) is 3.55. The minimum absolute atomic E-state index is 0.0927. The number of carbonyl (C=O) groups is 1. The molecule has 1 rings (SSSR count). The van der Waals surface area contributed by atoms with E-state index in [0.717, 1.165) is 11.1 Å². The van der Waals surface area contributed by atoms with Gasteiger partial charge in [0, 0.05) is 0 Å². The quantitative estimate of drug-likeness (QED) is 0.842. The first kappa shape index (κ1) is 16.7. The van der Waals surface area contributed by atoms with Crippen LogP contribution in [-0.4, -0.2) is 25.5 Å². The Kier molecular flexibility index (Phi) is 5.30. The van der Waals surface area contributed by atoms with Crippen molar-refractivity contribution >= 4 is 16.0 Å². The summed E-state index contributed by atoms with van der Waals surface area (Å²) in [6, 6.07) is 3.63. The summed E-state index contributed by atoms with van der Waals surface area (Å²) in [7, 11) is -3.83. The van der Waals surface area contributed by atoms with Crippen molar-refractivity contribution in [3.8, 4) is 0 Å². The van der Waals surface area contributed by atoms with Gasteiger partial charge in [0.25, 0.3) is 0 Å². The molecular formula is C14H21NO4S. The van der Waals surface area contributed by atoms with Gasteiger partial charge in [0.15, 0.2) is 0 Å². The van der Waals surface area contributed by atoms with Crippen molar-refractivity contribution in [2.24, 2.45) is 5.92 Å². The average Bonchev–Trinajstić information content (AvgIpc) is 2.38. The molecule has 0 heterocycles. The van der Waals surface area contributed by atoms with Crippen LogP contribution in [0.3, 0.4) is 0 Å². The molecule has 0 aromatic heterocycles. The molecule has 6 heteroatoms. The van der Waals surface area contributed by atoms with Crippen molar-refractivity contribution in [1.82, 2.24) is 4.72 Å². The second-order valence-electron chi connectivity index (χ2n) is 5.07. The number of hydrogen-bond acceptors (Lipinski definition) is 3. The fourth-order valence-electron chi connectivity index (χ4n) is 1.76. The monoisotopic (exact) mass is 299 g/mol. The van der Waals surface area contributed by atoms with Gasteiger partial charge in [-0.1, -0.05) is 26.3 Å². The average molecular weight is 299 g/mol. The normalized spacial score (nSPS) is 14.8. The van der Waals surface area contributed by atoms with E-state index < -0.39 is 22.0 Å². The highest BCUT2D eigenvalue weighted by atomic mass is 32.2. The molecule has 0 aliphatic carbocycles. The Morgan fingerprint density at radius 2 is 1.90 bits per heavy atom. The summed E-state index contributed by atoms with van der Waals surface area (Å²) >= 11 is 0. The van der Waals surface area contributed by atoms with Crippen LogP contribution >= 0.6 is 0 Å². The third-order valence-corrected chi connectivity index (χ3v) is 4.99. The molecule has 0 spiro atoms. The topological polar surface area (TPSA) is 83.5 Å². The number of nitrogens with one attached hydrogen (secondary N) is 1. The summed E-state index contributed by atoms with van der Waals surface area (Å²) in [6.45, 7) is 7.24. The number of aryl methyl sites for hydroxylation is 2. The first-order valence-corrected chi connectivity index (χ1v) is 7.99. The molecule has 1 aromatic rings. The van der Waals surface area contributed by atoms with Gasteiger partial charge in [-0.25, -0.2) is 8.42 Å². The first-order valence-electron chi connectivity index (χ1n) is 6.51. The van der Waals surface area contributed by atoms with Crippen molar-refractivity contribution in [2.75, 3.05) is 0 Å². The Hall–Kier alpha value is -1.40. The standard InChI is InChI=1S/C14H21NO4S/c1-5-9(2)13(14(16)17)15-20(18,19)12-7-6-10(3)11(4)8-12/h6-9,13,15H,5H2,1-4H3,(H,16,17). The van der Waals surface area contributed by atoms with Gasteiger partial charge in [0.1, 0.15) is 6.04 Å². The first-order chi connectivity index (χ1) is 9.19. The van der Waals surface area contributed by atoms with Crippen molar-refractivity contribution in [1.29, 1.82) is 0 Å². The predicted octanol–water partition coefficient (Wildman–Crippen LogP) is 2.08. The van der Waals surface area contributed by atoms with Crippen molar-refractivity contribution < 1.29 is 18.3 Å². The number of aliphatic carboxylic acids is 1. The number of rotatable bonds is 6. The van der Waals surface area contributed by atoms with Crippen LogP contribution in [0.2, 0.25) is 0 Å². The van der Waals surface area contributed by atoms with Crippen LogP contribution in [0.5, 0.6) is 0 Å². The second-order valence-corrected chi connectivity index (χ2v) is 6.78. The molecule has 2 N–H and O–H groups in total. The summed E-state index contributed by atoms with van der Waals surface area (Å²) in [5.74, 6) is -1.44. The van der Waals surface area contributed by atoms with Crippen LogP contribution in [-0.2, 0) is 14.8 Å². The van der Waals surface area contributed by atoms with Gasteiger partial charge in [0.05, 0.1) is 4.90 Å². The Labute approximate surface area is 120 Å². The molecule has 0 aliphatic heterocycles. The van der Waals surface area contributed by atoms with Crippen LogP contribution in [0.15, 0.2) is 23.1 Å². The van der Waals surface area contributed by atoms with E-state index in [9.17, 15) is 13.2 Å². The lowest BCUT2D eigenvalue weighted by molar-refractivity contribution is -0.140. The SMILES string of the molecule is CCC(C)C(NS(=O)(=O)c1ccc(C)c(C)c1)C(=O)O. The largest absolute Gasteiger partial charge is 0.480 e. The number of carboxylic acid groups (broad SMARTS) is 1. The minimum atomic E-state index is -3.83. The second kappa shape index (κ2) is 6.37. The maximum absolute atomic E-state index is 12.3. The van der Waals surface area contributed by atoms with Crippen LogP contribution in [0.1, 0.15) is 31.4 Å². The minimum Gasteiger partial charge on any atom is -0.480 e. The molecule has 5 nitrogen and oxygen atoms in total. The molecule has 2 atom stereocenters. The van der Waals surface area contributed by atoms with Crippen LogP contribution in [0.25, 0.3) is 0 Å². The van der Waals surface area contributed by atoms with Gasteiger partial charge in [-0.2, -0.15) is 4.72 Å². The molecule has 0 fully saturated rings. The Balaban J connectivity index is 3.09. The van der Waals surface area contributed by atoms with Gasteiger partial charge < -0.3 is 5.11 Å². The molecule has 2 unspecified atom stereocenters. The van der Waals surface area contributed by atoms with Crippen LogP contribution < -0.4 is 4.72 Å². The molecule has 1 aromatic carbocycles. The summed E-state index contributed by atoms with van der Waals surface area (Å²) in [4.78, 5) is 11.3. The van der Waals surface area contributed by atoms with E-state index in [1.165, 1.54) is 6.07 Å². The Bertz CT molecular complexity index is 595. The molecule has 0 amide bonds. The lowest BCUT2D eigenvalue weighted by Gasteiger charge is -2.20. The van der Waals surface area contributed by atoms with Gasteiger partial charge in [-0.15, -0.1) is 0 Å². The molecule has 0 radical (unpaired) electrons. The summed E-state index contributed by atoms with van der Waals surface area (Å²) in [6.07, 6.45) is 0.576. The smallest absolute Gasteiger partial charge is 0.322 e. The van der Waals surface area contributed by atoms with E-state index in [1.54, 1.807) is 19.1 Å². The molecule has 20 heavy (non-hydrogen) atoms. The lowest BCUT2D eigenvalue weighted by Crippen LogP contribution is -2.44. The zero-order valence-electron chi connectivity index (χ0n) is 12.2. The third kappa shape index (κ3) is 3.80. The van der Waals surface area contributed by atoms with Crippen LogP contribution in [0.4, 0.5) is 0 Å². The van der Waals surface area contributed by atoms with Crippen molar-refractivity contribution in [3.05, 3.63) is 29.3 Å².